The van der Waals surface area contributed by atoms with Crippen LogP contribution in [0.5, 0.6) is 0 Å². The second-order valence-corrected chi connectivity index (χ2v) is 7.75. The molecule has 1 saturated heterocycles. The summed E-state index contributed by atoms with van der Waals surface area (Å²) in [4.78, 5) is 3.20. The Balaban J connectivity index is 1.83. The zero-order valence-corrected chi connectivity index (χ0v) is 14.5. The van der Waals surface area contributed by atoms with Gasteiger partial charge in [-0.2, -0.15) is 22.5 Å². The highest BCUT2D eigenvalue weighted by molar-refractivity contribution is 7.89. The number of halogens is 5. The third-order valence-corrected chi connectivity index (χ3v) is 5.66. The van der Waals surface area contributed by atoms with Gasteiger partial charge in [-0.1, -0.05) is 6.07 Å². The van der Waals surface area contributed by atoms with Crippen LogP contribution >= 0.6 is 0 Å². The van der Waals surface area contributed by atoms with E-state index in [1.54, 1.807) is 0 Å². The normalized spacial score (nSPS) is 18.0. The Hall–Kier alpha value is -2.27. The average molecular weight is 407 g/mol. The van der Waals surface area contributed by atoms with Gasteiger partial charge in [-0.25, -0.2) is 17.5 Å². The van der Waals surface area contributed by atoms with Gasteiger partial charge in [-0.05, 0) is 31.0 Å². The molecule has 1 aromatic heterocycles. The number of pyridine rings is 1. The molecule has 3 rings (SSSR count). The van der Waals surface area contributed by atoms with Crippen molar-refractivity contribution in [1.82, 2.24) is 9.71 Å². The molecule has 1 fully saturated rings. The fourth-order valence-electron chi connectivity index (χ4n) is 2.95. The van der Waals surface area contributed by atoms with Crippen molar-refractivity contribution in [3.63, 3.8) is 0 Å². The Kier molecular flexibility index (Phi) is 5.33. The molecule has 27 heavy (non-hydrogen) atoms. The fraction of sp³-hybridized carbons (Fsp3) is 0.312. The molecule has 1 unspecified atom stereocenters. The number of nitrogens with zero attached hydrogens (tertiary/aromatic N) is 2. The van der Waals surface area contributed by atoms with Crippen molar-refractivity contribution in [3.05, 3.63) is 53.6 Å². The second kappa shape index (κ2) is 7.39. The summed E-state index contributed by atoms with van der Waals surface area (Å²) in [5.41, 5.74) is -0.936. The van der Waals surface area contributed by atoms with Gasteiger partial charge >= 0.3 is 0 Å². The predicted octanol–water partition coefficient (Wildman–Crippen LogP) is 2.72. The minimum absolute atomic E-state index is 0.0644. The number of aromatic nitrogens is 1. The molecule has 0 saturated carbocycles. The standard InChI is InChI=1S/C16H14F5N3O2S/c17-9-3-1-5-11(7-9)27(25,26)23-10-4-2-6-24(8-10)14-12(18)15(20)22-16(21)13(14)19/h1,3,5,7,10,23H,2,4,6,8H2. The van der Waals surface area contributed by atoms with Crippen LogP contribution in [0.1, 0.15) is 12.8 Å². The molecule has 0 aliphatic carbocycles. The van der Waals surface area contributed by atoms with Gasteiger partial charge in [0.1, 0.15) is 11.5 Å². The summed E-state index contributed by atoms with van der Waals surface area (Å²) in [5, 5.41) is 0. The molecule has 2 heterocycles. The number of sulfonamides is 1. The maximum atomic E-state index is 13.9. The third-order valence-electron chi connectivity index (χ3n) is 4.14. The molecule has 0 bridgehead atoms. The van der Waals surface area contributed by atoms with Crippen LogP contribution in [0.2, 0.25) is 0 Å². The van der Waals surface area contributed by atoms with Crippen LogP contribution in [0, 0.1) is 29.3 Å². The highest BCUT2D eigenvalue weighted by atomic mass is 32.2. The number of hydrogen-bond acceptors (Lipinski definition) is 4. The van der Waals surface area contributed by atoms with Crippen molar-refractivity contribution in [2.24, 2.45) is 0 Å². The molecule has 0 amide bonds. The number of benzene rings is 1. The van der Waals surface area contributed by atoms with Gasteiger partial charge in [0.05, 0.1) is 4.90 Å². The molecule has 1 aromatic carbocycles. The van der Waals surface area contributed by atoms with Crippen molar-refractivity contribution in [3.8, 4) is 0 Å². The summed E-state index contributed by atoms with van der Waals surface area (Å²) in [6, 6.07) is 3.53. The SMILES string of the molecule is O=S(=O)(NC1CCCN(c2c(F)c(F)nc(F)c2F)C1)c1cccc(F)c1. The molecule has 1 N–H and O–H groups in total. The minimum Gasteiger partial charge on any atom is -0.365 e. The molecule has 2 aromatic rings. The van der Waals surface area contributed by atoms with E-state index < -0.39 is 51.1 Å². The average Bonchev–Trinajstić information content (AvgIpc) is 2.60. The van der Waals surface area contributed by atoms with E-state index in [4.69, 9.17) is 0 Å². The van der Waals surface area contributed by atoms with Crippen molar-refractivity contribution >= 4 is 15.7 Å². The van der Waals surface area contributed by atoms with Crippen molar-refractivity contribution in [2.75, 3.05) is 18.0 Å². The van der Waals surface area contributed by atoms with Crippen LogP contribution in [-0.2, 0) is 10.0 Å². The first-order valence-electron chi connectivity index (χ1n) is 7.92. The lowest BCUT2D eigenvalue weighted by atomic mass is 10.1. The van der Waals surface area contributed by atoms with Crippen LogP contribution in [0.25, 0.3) is 0 Å². The molecular formula is C16H14F5N3O2S. The number of hydrogen-bond donors (Lipinski definition) is 1. The Bertz CT molecular complexity index is 945. The van der Waals surface area contributed by atoms with E-state index in [0.717, 1.165) is 17.0 Å². The van der Waals surface area contributed by atoms with Crippen LogP contribution in [0.15, 0.2) is 29.2 Å². The number of nitrogens with one attached hydrogen (secondary N) is 1. The quantitative estimate of drug-likeness (QED) is 0.626. The van der Waals surface area contributed by atoms with Gasteiger partial charge < -0.3 is 4.90 Å². The van der Waals surface area contributed by atoms with Gasteiger partial charge in [0.25, 0.3) is 11.9 Å². The summed E-state index contributed by atoms with van der Waals surface area (Å²) < 4.78 is 94.9. The van der Waals surface area contributed by atoms with E-state index in [1.807, 2.05) is 0 Å². The molecule has 1 aliphatic rings. The molecule has 11 heteroatoms. The Labute approximate surface area is 151 Å². The third kappa shape index (κ3) is 4.03. The number of rotatable bonds is 4. The van der Waals surface area contributed by atoms with Gasteiger partial charge in [-0.3, -0.25) is 0 Å². The molecule has 0 spiro atoms. The summed E-state index contributed by atoms with van der Waals surface area (Å²) in [5.74, 6) is -7.61. The zero-order chi connectivity index (χ0) is 19.8. The lowest BCUT2D eigenvalue weighted by Gasteiger charge is -2.34. The smallest absolute Gasteiger partial charge is 0.253 e. The van der Waals surface area contributed by atoms with Crippen LogP contribution < -0.4 is 9.62 Å². The summed E-state index contributed by atoms with van der Waals surface area (Å²) in [6.45, 7) is -0.166. The van der Waals surface area contributed by atoms with Crippen molar-refractivity contribution in [2.45, 2.75) is 23.8 Å². The maximum absolute atomic E-state index is 13.9. The first-order chi connectivity index (χ1) is 12.7. The highest BCUT2D eigenvalue weighted by Crippen LogP contribution is 2.29. The number of anilines is 1. The molecule has 0 radical (unpaired) electrons. The van der Waals surface area contributed by atoms with Crippen molar-refractivity contribution < 1.29 is 30.4 Å². The molecule has 146 valence electrons. The van der Waals surface area contributed by atoms with E-state index in [0.29, 0.717) is 12.8 Å². The van der Waals surface area contributed by atoms with E-state index in [2.05, 4.69) is 9.71 Å². The topological polar surface area (TPSA) is 62.3 Å². The van der Waals surface area contributed by atoms with E-state index in [-0.39, 0.29) is 18.0 Å². The van der Waals surface area contributed by atoms with E-state index in [1.165, 1.54) is 12.1 Å². The second-order valence-electron chi connectivity index (χ2n) is 6.03. The minimum atomic E-state index is -4.09. The first kappa shape index (κ1) is 19.5. The highest BCUT2D eigenvalue weighted by Gasteiger charge is 2.31. The Morgan fingerprint density at radius 3 is 2.37 bits per heavy atom. The van der Waals surface area contributed by atoms with Crippen LogP contribution in [-0.4, -0.2) is 32.5 Å². The lowest BCUT2D eigenvalue weighted by Crippen LogP contribution is -2.48. The van der Waals surface area contributed by atoms with Crippen LogP contribution in [0.4, 0.5) is 27.6 Å². The van der Waals surface area contributed by atoms with E-state index in [9.17, 15) is 30.4 Å². The molecule has 1 aliphatic heterocycles. The molecule has 1 atom stereocenters. The Morgan fingerprint density at radius 2 is 1.74 bits per heavy atom. The molecular weight excluding hydrogens is 393 g/mol. The maximum Gasteiger partial charge on any atom is 0.253 e. The van der Waals surface area contributed by atoms with Crippen molar-refractivity contribution in [1.29, 1.82) is 0 Å². The number of piperidine rings is 1. The zero-order valence-electron chi connectivity index (χ0n) is 13.7. The van der Waals surface area contributed by atoms with Gasteiger partial charge in [0.2, 0.25) is 21.7 Å². The summed E-state index contributed by atoms with van der Waals surface area (Å²) >= 11 is 0. The van der Waals surface area contributed by atoms with Gasteiger partial charge in [0.15, 0.2) is 0 Å². The van der Waals surface area contributed by atoms with Gasteiger partial charge in [-0.15, -0.1) is 0 Å². The summed E-state index contributed by atoms with van der Waals surface area (Å²) in [7, 11) is -4.09. The van der Waals surface area contributed by atoms with E-state index >= 15 is 0 Å². The predicted molar refractivity (Wildman–Crippen MR) is 86.0 cm³/mol. The Morgan fingerprint density at radius 1 is 1.07 bits per heavy atom. The fourth-order valence-corrected chi connectivity index (χ4v) is 4.24. The molecule has 5 nitrogen and oxygen atoms in total. The van der Waals surface area contributed by atoms with Crippen LogP contribution in [0.3, 0.4) is 0 Å². The largest absolute Gasteiger partial charge is 0.365 e. The monoisotopic (exact) mass is 407 g/mol. The summed E-state index contributed by atoms with van der Waals surface area (Å²) in [6.07, 6.45) is 0.630. The lowest BCUT2D eigenvalue weighted by molar-refractivity contribution is 0.395. The first-order valence-corrected chi connectivity index (χ1v) is 9.40. The van der Waals surface area contributed by atoms with Gasteiger partial charge in [0, 0.05) is 19.1 Å².